The Kier molecular flexibility index (Phi) is 3.08. The summed E-state index contributed by atoms with van der Waals surface area (Å²) in [7, 11) is -1.30. The number of aldehydes is 1. The van der Waals surface area contributed by atoms with Crippen LogP contribution in [-0.4, -0.2) is 14.4 Å². The SMILES string of the molecule is C[Si](C)(C)c1cc(Br)cc(C=O)c1. The Morgan fingerprint density at radius 2 is 1.85 bits per heavy atom. The highest BCUT2D eigenvalue weighted by atomic mass is 79.9. The molecule has 0 heterocycles. The van der Waals surface area contributed by atoms with Gasteiger partial charge in [-0.2, -0.15) is 0 Å². The van der Waals surface area contributed by atoms with E-state index in [-0.39, 0.29) is 0 Å². The lowest BCUT2D eigenvalue weighted by Gasteiger charge is -2.17. The van der Waals surface area contributed by atoms with Crippen molar-refractivity contribution in [1.82, 2.24) is 0 Å². The minimum atomic E-state index is -1.30. The standard InChI is InChI=1S/C10H13BrOSi/c1-13(2,3)10-5-8(7-12)4-9(11)6-10/h4-7H,1-3H3. The summed E-state index contributed by atoms with van der Waals surface area (Å²) in [6.45, 7) is 6.80. The Morgan fingerprint density at radius 1 is 1.23 bits per heavy atom. The highest BCUT2D eigenvalue weighted by Gasteiger charge is 2.17. The zero-order valence-electron chi connectivity index (χ0n) is 8.10. The van der Waals surface area contributed by atoms with Gasteiger partial charge in [0.05, 0.1) is 8.07 Å². The molecular weight excluding hydrogens is 244 g/mol. The molecule has 3 heteroatoms. The molecule has 0 saturated heterocycles. The zero-order chi connectivity index (χ0) is 10.1. The molecule has 0 aromatic heterocycles. The van der Waals surface area contributed by atoms with E-state index in [0.29, 0.717) is 0 Å². The van der Waals surface area contributed by atoms with E-state index in [1.165, 1.54) is 5.19 Å². The third kappa shape index (κ3) is 2.78. The van der Waals surface area contributed by atoms with E-state index in [4.69, 9.17) is 0 Å². The predicted molar refractivity (Wildman–Crippen MR) is 62.5 cm³/mol. The van der Waals surface area contributed by atoms with Crippen molar-refractivity contribution >= 4 is 35.5 Å². The van der Waals surface area contributed by atoms with Crippen LogP contribution in [0, 0.1) is 0 Å². The second-order valence-corrected chi connectivity index (χ2v) is 10.1. The lowest BCUT2D eigenvalue weighted by molar-refractivity contribution is 0.112. The molecule has 0 N–H and O–H groups in total. The van der Waals surface area contributed by atoms with Crippen LogP contribution in [0.5, 0.6) is 0 Å². The van der Waals surface area contributed by atoms with E-state index in [9.17, 15) is 4.79 Å². The Balaban J connectivity index is 3.24. The molecule has 1 nitrogen and oxygen atoms in total. The summed E-state index contributed by atoms with van der Waals surface area (Å²) in [5.74, 6) is 0. The number of hydrogen-bond donors (Lipinski definition) is 0. The monoisotopic (exact) mass is 256 g/mol. The minimum absolute atomic E-state index is 0.756. The summed E-state index contributed by atoms with van der Waals surface area (Å²) in [4.78, 5) is 10.6. The number of benzene rings is 1. The molecule has 0 aliphatic carbocycles. The van der Waals surface area contributed by atoms with Crippen molar-refractivity contribution in [1.29, 1.82) is 0 Å². The first-order valence-electron chi connectivity index (χ1n) is 4.20. The molecule has 70 valence electrons. The normalized spacial score (nSPS) is 11.4. The molecule has 0 amide bonds. The van der Waals surface area contributed by atoms with Gasteiger partial charge in [0, 0.05) is 10.0 Å². The van der Waals surface area contributed by atoms with Gasteiger partial charge in [-0.15, -0.1) is 0 Å². The fraction of sp³-hybridized carbons (Fsp3) is 0.300. The average molecular weight is 257 g/mol. The fourth-order valence-corrected chi connectivity index (χ4v) is 3.02. The maximum atomic E-state index is 10.6. The maximum absolute atomic E-state index is 10.6. The van der Waals surface area contributed by atoms with Crippen LogP contribution in [0.25, 0.3) is 0 Å². The van der Waals surface area contributed by atoms with E-state index in [1.54, 1.807) is 0 Å². The first-order chi connectivity index (χ1) is 5.93. The zero-order valence-corrected chi connectivity index (χ0v) is 10.7. The summed E-state index contributed by atoms with van der Waals surface area (Å²) >= 11 is 3.41. The molecule has 0 atom stereocenters. The molecule has 0 unspecified atom stereocenters. The van der Waals surface area contributed by atoms with Gasteiger partial charge in [-0.05, 0) is 12.1 Å². The predicted octanol–water partition coefficient (Wildman–Crippen LogP) is 2.81. The van der Waals surface area contributed by atoms with Crippen LogP contribution in [-0.2, 0) is 0 Å². The van der Waals surface area contributed by atoms with E-state index >= 15 is 0 Å². The molecule has 0 radical (unpaired) electrons. The van der Waals surface area contributed by atoms with E-state index in [0.717, 1.165) is 16.3 Å². The second kappa shape index (κ2) is 3.76. The molecule has 1 rings (SSSR count). The first kappa shape index (κ1) is 10.7. The Bertz CT molecular complexity index is 328. The van der Waals surface area contributed by atoms with Gasteiger partial charge in [0.25, 0.3) is 0 Å². The van der Waals surface area contributed by atoms with Gasteiger partial charge in [0.1, 0.15) is 6.29 Å². The molecule has 0 saturated carbocycles. The summed E-state index contributed by atoms with van der Waals surface area (Å²) in [6.07, 6.45) is 0.897. The van der Waals surface area contributed by atoms with Crippen molar-refractivity contribution in [3.05, 3.63) is 28.2 Å². The molecular formula is C10H13BrOSi. The lowest BCUT2D eigenvalue weighted by atomic mass is 10.2. The number of hydrogen-bond acceptors (Lipinski definition) is 1. The van der Waals surface area contributed by atoms with Crippen molar-refractivity contribution in [3.63, 3.8) is 0 Å². The van der Waals surface area contributed by atoms with Gasteiger partial charge >= 0.3 is 0 Å². The number of carbonyl (C=O) groups is 1. The second-order valence-electron chi connectivity index (χ2n) is 4.14. The van der Waals surface area contributed by atoms with E-state index < -0.39 is 8.07 Å². The van der Waals surface area contributed by atoms with Crippen molar-refractivity contribution < 1.29 is 4.79 Å². The first-order valence-corrected chi connectivity index (χ1v) is 8.49. The van der Waals surface area contributed by atoms with Crippen LogP contribution in [0.2, 0.25) is 19.6 Å². The molecule has 0 aliphatic heterocycles. The summed E-state index contributed by atoms with van der Waals surface area (Å²) < 4.78 is 0.995. The van der Waals surface area contributed by atoms with E-state index in [2.05, 4.69) is 41.6 Å². The third-order valence-corrected chi connectivity index (χ3v) is 4.40. The van der Waals surface area contributed by atoms with Crippen molar-refractivity contribution in [3.8, 4) is 0 Å². The Hall–Kier alpha value is -0.413. The van der Waals surface area contributed by atoms with Gasteiger partial charge in [0.15, 0.2) is 0 Å². The quantitative estimate of drug-likeness (QED) is 0.588. The number of carbonyl (C=O) groups excluding carboxylic acids is 1. The number of halogens is 1. The highest BCUT2D eigenvalue weighted by Crippen LogP contribution is 2.12. The van der Waals surface area contributed by atoms with Crippen LogP contribution >= 0.6 is 15.9 Å². The Labute approximate surface area is 88.3 Å². The molecule has 0 spiro atoms. The van der Waals surface area contributed by atoms with Crippen LogP contribution in [0.1, 0.15) is 10.4 Å². The molecule has 1 aromatic carbocycles. The van der Waals surface area contributed by atoms with Gasteiger partial charge in [-0.3, -0.25) is 4.79 Å². The third-order valence-electron chi connectivity index (χ3n) is 1.92. The van der Waals surface area contributed by atoms with Crippen LogP contribution in [0.3, 0.4) is 0 Å². The largest absolute Gasteiger partial charge is 0.298 e. The van der Waals surface area contributed by atoms with E-state index in [1.807, 2.05) is 12.1 Å². The van der Waals surface area contributed by atoms with Gasteiger partial charge < -0.3 is 0 Å². The molecule has 0 fully saturated rings. The van der Waals surface area contributed by atoms with Crippen molar-refractivity contribution in [2.24, 2.45) is 0 Å². The molecule has 0 aliphatic rings. The summed E-state index contributed by atoms with van der Waals surface area (Å²) in [5.41, 5.74) is 0.756. The summed E-state index contributed by atoms with van der Waals surface area (Å²) in [6, 6.07) is 5.94. The fourth-order valence-electron chi connectivity index (χ4n) is 1.11. The number of rotatable bonds is 2. The van der Waals surface area contributed by atoms with Crippen molar-refractivity contribution in [2.75, 3.05) is 0 Å². The van der Waals surface area contributed by atoms with Gasteiger partial charge in [-0.25, -0.2) is 0 Å². The minimum Gasteiger partial charge on any atom is -0.298 e. The van der Waals surface area contributed by atoms with Crippen molar-refractivity contribution in [2.45, 2.75) is 19.6 Å². The van der Waals surface area contributed by atoms with Gasteiger partial charge in [-0.1, -0.05) is 46.8 Å². The lowest BCUT2D eigenvalue weighted by Crippen LogP contribution is -2.37. The Morgan fingerprint density at radius 3 is 2.31 bits per heavy atom. The van der Waals surface area contributed by atoms with Gasteiger partial charge in [0.2, 0.25) is 0 Å². The summed E-state index contributed by atoms with van der Waals surface area (Å²) in [5, 5.41) is 1.31. The van der Waals surface area contributed by atoms with Crippen LogP contribution in [0.15, 0.2) is 22.7 Å². The maximum Gasteiger partial charge on any atom is 0.150 e. The smallest absolute Gasteiger partial charge is 0.150 e. The average Bonchev–Trinajstić information content (AvgIpc) is 2.01. The molecule has 13 heavy (non-hydrogen) atoms. The topological polar surface area (TPSA) is 17.1 Å². The van der Waals surface area contributed by atoms with Crippen LogP contribution in [0.4, 0.5) is 0 Å². The molecule has 1 aromatic rings. The molecule has 0 bridgehead atoms. The highest BCUT2D eigenvalue weighted by molar-refractivity contribution is 9.10. The van der Waals surface area contributed by atoms with Crippen LogP contribution < -0.4 is 5.19 Å².